The first-order valence-electron chi connectivity index (χ1n) is 7.38. The van der Waals surface area contributed by atoms with Crippen molar-refractivity contribution in [2.45, 2.75) is 43.7 Å². The SMILES string of the molecule is COc1ccc2nc(C(C)Cl)n(C3CCCC3OC)c2c1. The fourth-order valence-corrected chi connectivity index (χ4v) is 3.48. The van der Waals surface area contributed by atoms with Crippen molar-refractivity contribution >= 4 is 22.6 Å². The third kappa shape index (κ3) is 2.51. The van der Waals surface area contributed by atoms with Gasteiger partial charge in [0.2, 0.25) is 0 Å². The molecule has 21 heavy (non-hydrogen) atoms. The fraction of sp³-hybridized carbons (Fsp3) is 0.562. The van der Waals surface area contributed by atoms with Crippen molar-refractivity contribution in [2.75, 3.05) is 14.2 Å². The van der Waals surface area contributed by atoms with Crippen molar-refractivity contribution < 1.29 is 9.47 Å². The molecule has 5 heteroatoms. The second kappa shape index (κ2) is 5.85. The molecule has 3 rings (SSSR count). The van der Waals surface area contributed by atoms with Gasteiger partial charge in [-0.2, -0.15) is 0 Å². The van der Waals surface area contributed by atoms with Gasteiger partial charge in [-0.15, -0.1) is 11.6 Å². The number of hydrogen-bond donors (Lipinski definition) is 0. The highest BCUT2D eigenvalue weighted by atomic mass is 35.5. The molecule has 0 N–H and O–H groups in total. The maximum Gasteiger partial charge on any atom is 0.128 e. The number of alkyl halides is 1. The number of nitrogens with zero attached hydrogens (tertiary/aromatic N) is 2. The Kier molecular flexibility index (Phi) is 4.09. The van der Waals surface area contributed by atoms with Crippen LogP contribution in [0.4, 0.5) is 0 Å². The maximum absolute atomic E-state index is 6.37. The van der Waals surface area contributed by atoms with Crippen LogP contribution in [0.1, 0.15) is 43.4 Å². The van der Waals surface area contributed by atoms with E-state index >= 15 is 0 Å². The summed E-state index contributed by atoms with van der Waals surface area (Å²) >= 11 is 6.37. The molecule has 0 spiro atoms. The average molecular weight is 309 g/mol. The van der Waals surface area contributed by atoms with Gasteiger partial charge in [0.25, 0.3) is 0 Å². The topological polar surface area (TPSA) is 36.3 Å². The standard InChI is InChI=1S/C16H21ClN2O2/c1-10(17)16-18-12-8-7-11(20-2)9-14(12)19(16)13-5-4-6-15(13)21-3/h7-10,13,15H,4-6H2,1-3H3. The number of rotatable bonds is 4. The first-order valence-corrected chi connectivity index (χ1v) is 7.82. The lowest BCUT2D eigenvalue weighted by Gasteiger charge is -2.23. The van der Waals surface area contributed by atoms with Gasteiger partial charge in [-0.05, 0) is 38.3 Å². The Labute approximate surface area is 130 Å². The Bertz CT molecular complexity index is 638. The number of imidazole rings is 1. The van der Waals surface area contributed by atoms with E-state index in [2.05, 4.69) is 4.57 Å². The van der Waals surface area contributed by atoms with Crippen molar-refractivity contribution in [1.82, 2.24) is 9.55 Å². The Hall–Kier alpha value is -1.26. The molecule has 0 amide bonds. The van der Waals surface area contributed by atoms with Crippen LogP contribution in [-0.4, -0.2) is 29.9 Å². The highest BCUT2D eigenvalue weighted by molar-refractivity contribution is 6.20. The predicted molar refractivity (Wildman–Crippen MR) is 84.2 cm³/mol. The first kappa shape index (κ1) is 14.7. The zero-order valence-corrected chi connectivity index (χ0v) is 13.4. The summed E-state index contributed by atoms with van der Waals surface area (Å²) in [6, 6.07) is 6.26. The molecule has 3 unspecified atom stereocenters. The molecule has 0 radical (unpaired) electrons. The highest BCUT2D eigenvalue weighted by Gasteiger charge is 2.32. The van der Waals surface area contributed by atoms with E-state index in [1.165, 1.54) is 6.42 Å². The largest absolute Gasteiger partial charge is 0.497 e. The number of methoxy groups -OCH3 is 2. The van der Waals surface area contributed by atoms with Crippen LogP contribution in [0, 0.1) is 0 Å². The van der Waals surface area contributed by atoms with Gasteiger partial charge in [-0.1, -0.05) is 0 Å². The zero-order chi connectivity index (χ0) is 15.0. The van der Waals surface area contributed by atoms with Crippen molar-refractivity contribution in [3.63, 3.8) is 0 Å². The molecule has 1 aromatic heterocycles. The number of halogens is 1. The molecule has 0 bridgehead atoms. The lowest BCUT2D eigenvalue weighted by atomic mass is 10.2. The third-order valence-corrected chi connectivity index (χ3v) is 4.53. The second-order valence-corrected chi connectivity index (χ2v) is 6.24. The Morgan fingerprint density at radius 3 is 2.81 bits per heavy atom. The Morgan fingerprint density at radius 2 is 2.14 bits per heavy atom. The van der Waals surface area contributed by atoms with Crippen LogP contribution in [0.25, 0.3) is 11.0 Å². The molecule has 1 aliphatic rings. The van der Waals surface area contributed by atoms with Crippen LogP contribution >= 0.6 is 11.6 Å². The molecule has 1 aromatic carbocycles. The lowest BCUT2D eigenvalue weighted by Crippen LogP contribution is -2.22. The summed E-state index contributed by atoms with van der Waals surface area (Å²) in [5.41, 5.74) is 2.03. The van der Waals surface area contributed by atoms with E-state index < -0.39 is 0 Å². The molecule has 0 aliphatic heterocycles. The molecular formula is C16H21ClN2O2. The molecule has 0 saturated heterocycles. The molecule has 1 saturated carbocycles. The smallest absolute Gasteiger partial charge is 0.128 e. The van der Waals surface area contributed by atoms with Gasteiger partial charge in [0.15, 0.2) is 0 Å². The monoisotopic (exact) mass is 308 g/mol. The zero-order valence-electron chi connectivity index (χ0n) is 12.7. The molecule has 3 atom stereocenters. The average Bonchev–Trinajstić information content (AvgIpc) is 3.09. The van der Waals surface area contributed by atoms with Crippen LogP contribution in [0.3, 0.4) is 0 Å². The van der Waals surface area contributed by atoms with Gasteiger partial charge in [-0.3, -0.25) is 0 Å². The minimum absolute atomic E-state index is 0.137. The van der Waals surface area contributed by atoms with Gasteiger partial charge in [0.05, 0.1) is 35.7 Å². The molecule has 1 aliphatic carbocycles. The summed E-state index contributed by atoms with van der Waals surface area (Å²) in [5.74, 6) is 1.75. The number of ether oxygens (including phenoxy) is 2. The van der Waals surface area contributed by atoms with E-state index in [9.17, 15) is 0 Å². The van der Waals surface area contributed by atoms with Crippen molar-refractivity contribution in [3.8, 4) is 5.75 Å². The number of benzene rings is 1. The summed E-state index contributed by atoms with van der Waals surface area (Å²) < 4.78 is 13.3. The predicted octanol–water partition coefficient (Wildman–Crippen LogP) is 4.08. The van der Waals surface area contributed by atoms with Crippen LogP contribution in [-0.2, 0) is 4.74 Å². The number of fused-ring (bicyclic) bond motifs is 1. The maximum atomic E-state index is 6.37. The van der Waals surface area contributed by atoms with Gasteiger partial charge < -0.3 is 14.0 Å². The third-order valence-electron chi connectivity index (χ3n) is 4.33. The summed E-state index contributed by atoms with van der Waals surface area (Å²) in [4.78, 5) is 4.72. The van der Waals surface area contributed by atoms with Crippen molar-refractivity contribution in [3.05, 3.63) is 24.0 Å². The Balaban J connectivity index is 2.19. The minimum atomic E-state index is -0.137. The molecule has 2 aromatic rings. The Morgan fingerprint density at radius 1 is 1.33 bits per heavy atom. The van der Waals surface area contributed by atoms with Crippen LogP contribution in [0.15, 0.2) is 18.2 Å². The van der Waals surface area contributed by atoms with Crippen molar-refractivity contribution in [1.29, 1.82) is 0 Å². The van der Waals surface area contributed by atoms with Gasteiger partial charge in [-0.25, -0.2) is 4.98 Å². The molecule has 114 valence electrons. The summed E-state index contributed by atoms with van der Waals surface area (Å²) in [6.45, 7) is 1.97. The fourth-order valence-electron chi connectivity index (χ4n) is 3.32. The quantitative estimate of drug-likeness (QED) is 0.798. The summed E-state index contributed by atoms with van der Waals surface area (Å²) in [7, 11) is 3.47. The van der Waals surface area contributed by atoms with Crippen LogP contribution in [0.2, 0.25) is 0 Å². The first-order chi connectivity index (χ1) is 10.2. The van der Waals surface area contributed by atoms with E-state index in [4.69, 9.17) is 26.1 Å². The molecule has 4 nitrogen and oxygen atoms in total. The minimum Gasteiger partial charge on any atom is -0.497 e. The normalized spacial score (nSPS) is 23.6. The van der Waals surface area contributed by atoms with E-state index in [0.29, 0.717) is 6.04 Å². The molecular weight excluding hydrogens is 288 g/mol. The summed E-state index contributed by atoms with van der Waals surface area (Å²) in [6.07, 6.45) is 3.57. The van der Waals surface area contributed by atoms with Crippen molar-refractivity contribution in [2.24, 2.45) is 0 Å². The molecule has 1 fully saturated rings. The van der Waals surface area contributed by atoms with Crippen LogP contribution < -0.4 is 4.74 Å². The van der Waals surface area contributed by atoms with E-state index in [-0.39, 0.29) is 11.5 Å². The van der Waals surface area contributed by atoms with E-state index in [1.54, 1.807) is 14.2 Å². The number of aromatic nitrogens is 2. The number of hydrogen-bond acceptors (Lipinski definition) is 3. The molecule has 1 heterocycles. The van der Waals surface area contributed by atoms with E-state index in [1.807, 2.05) is 25.1 Å². The highest BCUT2D eigenvalue weighted by Crippen LogP contribution is 2.38. The van der Waals surface area contributed by atoms with E-state index in [0.717, 1.165) is 35.4 Å². The second-order valence-electron chi connectivity index (χ2n) is 5.58. The van der Waals surface area contributed by atoms with Gasteiger partial charge >= 0.3 is 0 Å². The van der Waals surface area contributed by atoms with Gasteiger partial charge in [0, 0.05) is 13.2 Å². The summed E-state index contributed by atoms with van der Waals surface area (Å²) in [5, 5.41) is -0.137. The lowest BCUT2D eigenvalue weighted by molar-refractivity contribution is 0.0752. The van der Waals surface area contributed by atoms with Gasteiger partial charge in [0.1, 0.15) is 11.6 Å². The van der Waals surface area contributed by atoms with Crippen LogP contribution in [0.5, 0.6) is 5.75 Å².